The number of halogens is 4. The van der Waals surface area contributed by atoms with Gasteiger partial charge in [0.25, 0.3) is 0 Å². The van der Waals surface area contributed by atoms with Crippen molar-refractivity contribution in [2.24, 2.45) is 0 Å². The summed E-state index contributed by atoms with van der Waals surface area (Å²) in [7, 11) is 0. The Kier molecular flexibility index (Phi) is 7.68. The molecule has 1 unspecified atom stereocenters. The standard InChI is InChI=1S/C22H20ClF3N4O3S/c1-3-33-19(31)17-11(2)27-21(34)30-18(17)12-4-7-14(8-5-12)28-20(32)29-16-9-6-13(10-15(16)23)22(24,25)26/h4-10,18H,3H2,1-2H3,(H2,27,30,34)(H2,28,29,32). The van der Waals surface area contributed by atoms with Crippen LogP contribution >= 0.6 is 23.8 Å². The second-order valence-corrected chi connectivity index (χ2v) is 8.00. The van der Waals surface area contributed by atoms with Crippen molar-refractivity contribution in [3.8, 4) is 0 Å². The molecule has 12 heteroatoms. The Morgan fingerprint density at radius 1 is 1.15 bits per heavy atom. The third kappa shape index (κ3) is 5.97. The van der Waals surface area contributed by atoms with Gasteiger partial charge < -0.3 is 26.0 Å². The number of nitrogens with one attached hydrogen (secondary N) is 4. The minimum Gasteiger partial charge on any atom is -0.463 e. The zero-order chi connectivity index (χ0) is 25.0. The highest BCUT2D eigenvalue weighted by atomic mass is 35.5. The summed E-state index contributed by atoms with van der Waals surface area (Å²) in [5.74, 6) is -0.484. The first-order valence-corrected chi connectivity index (χ1v) is 10.8. The number of alkyl halides is 3. The van der Waals surface area contributed by atoms with E-state index in [-0.39, 0.29) is 17.3 Å². The van der Waals surface area contributed by atoms with Crippen molar-refractivity contribution in [1.82, 2.24) is 10.6 Å². The normalized spacial score (nSPS) is 15.8. The van der Waals surface area contributed by atoms with Crippen LogP contribution in [-0.4, -0.2) is 23.7 Å². The molecule has 0 radical (unpaired) electrons. The van der Waals surface area contributed by atoms with Crippen molar-refractivity contribution in [2.45, 2.75) is 26.1 Å². The Hall–Kier alpha value is -3.31. The lowest BCUT2D eigenvalue weighted by atomic mass is 9.95. The minimum absolute atomic E-state index is 0.0240. The lowest BCUT2D eigenvalue weighted by Crippen LogP contribution is -2.45. The van der Waals surface area contributed by atoms with Gasteiger partial charge in [0.05, 0.1) is 34.5 Å². The smallest absolute Gasteiger partial charge is 0.416 e. The van der Waals surface area contributed by atoms with Crippen LogP contribution in [0.5, 0.6) is 0 Å². The minimum atomic E-state index is -4.54. The molecule has 180 valence electrons. The Morgan fingerprint density at radius 2 is 1.82 bits per heavy atom. The van der Waals surface area contributed by atoms with E-state index >= 15 is 0 Å². The Morgan fingerprint density at radius 3 is 2.41 bits per heavy atom. The molecule has 1 atom stereocenters. The molecule has 0 fully saturated rings. The molecule has 0 spiro atoms. The molecule has 3 rings (SSSR count). The summed E-state index contributed by atoms with van der Waals surface area (Å²) in [6.07, 6.45) is -4.54. The van der Waals surface area contributed by atoms with Gasteiger partial charge in [-0.15, -0.1) is 0 Å². The molecule has 0 saturated carbocycles. The van der Waals surface area contributed by atoms with Crippen LogP contribution in [-0.2, 0) is 15.7 Å². The number of hydrogen-bond acceptors (Lipinski definition) is 4. The van der Waals surface area contributed by atoms with Crippen LogP contribution in [0.4, 0.5) is 29.3 Å². The number of urea groups is 1. The van der Waals surface area contributed by atoms with Crippen molar-refractivity contribution in [1.29, 1.82) is 0 Å². The summed E-state index contributed by atoms with van der Waals surface area (Å²) in [6.45, 7) is 3.65. The van der Waals surface area contributed by atoms with Crippen LogP contribution in [0, 0.1) is 0 Å². The van der Waals surface area contributed by atoms with Crippen molar-refractivity contribution < 1.29 is 27.5 Å². The molecule has 0 saturated heterocycles. The molecule has 1 aliphatic rings. The summed E-state index contributed by atoms with van der Waals surface area (Å²) in [4.78, 5) is 24.7. The van der Waals surface area contributed by atoms with Gasteiger partial charge in [-0.05, 0) is 62.0 Å². The maximum atomic E-state index is 12.8. The monoisotopic (exact) mass is 512 g/mol. The zero-order valence-electron chi connectivity index (χ0n) is 18.0. The van der Waals surface area contributed by atoms with Crippen molar-refractivity contribution in [3.63, 3.8) is 0 Å². The molecule has 7 nitrogen and oxygen atoms in total. The van der Waals surface area contributed by atoms with Gasteiger partial charge in [0.1, 0.15) is 0 Å². The number of rotatable bonds is 5. The second-order valence-electron chi connectivity index (χ2n) is 7.18. The number of amides is 2. The molecule has 1 heterocycles. The largest absolute Gasteiger partial charge is 0.463 e. The van der Waals surface area contributed by atoms with E-state index in [1.807, 2.05) is 0 Å². The molecule has 34 heavy (non-hydrogen) atoms. The quantitative estimate of drug-likeness (QED) is 0.318. The van der Waals surface area contributed by atoms with E-state index in [0.717, 1.165) is 18.2 Å². The molecule has 1 aliphatic heterocycles. The number of benzene rings is 2. The van der Waals surface area contributed by atoms with Crippen molar-refractivity contribution in [2.75, 3.05) is 17.2 Å². The average molecular weight is 513 g/mol. The predicted molar refractivity (Wildman–Crippen MR) is 126 cm³/mol. The van der Waals surface area contributed by atoms with E-state index in [0.29, 0.717) is 27.6 Å². The molecule has 0 aliphatic carbocycles. The van der Waals surface area contributed by atoms with E-state index in [2.05, 4.69) is 21.3 Å². The van der Waals surface area contributed by atoms with E-state index in [1.165, 1.54) is 0 Å². The first-order chi connectivity index (χ1) is 16.0. The molecule has 0 bridgehead atoms. The van der Waals surface area contributed by atoms with Gasteiger partial charge >= 0.3 is 18.2 Å². The third-order valence-corrected chi connectivity index (χ3v) is 5.34. The van der Waals surface area contributed by atoms with Gasteiger partial charge in [-0.1, -0.05) is 23.7 Å². The van der Waals surface area contributed by atoms with Crippen LogP contribution in [0.1, 0.15) is 31.0 Å². The maximum absolute atomic E-state index is 12.8. The topological polar surface area (TPSA) is 91.5 Å². The molecule has 2 amide bonds. The second kappa shape index (κ2) is 10.3. The molecule has 4 N–H and O–H groups in total. The zero-order valence-corrected chi connectivity index (χ0v) is 19.5. The van der Waals surface area contributed by atoms with Crippen LogP contribution in [0.2, 0.25) is 5.02 Å². The molecular weight excluding hydrogens is 493 g/mol. The lowest BCUT2D eigenvalue weighted by Gasteiger charge is -2.29. The number of allylic oxidation sites excluding steroid dienone is 1. The predicted octanol–water partition coefficient (Wildman–Crippen LogP) is 5.36. The number of hydrogen-bond donors (Lipinski definition) is 4. The van der Waals surface area contributed by atoms with Crippen molar-refractivity contribution >= 4 is 52.3 Å². The molecular formula is C22H20ClF3N4O3S. The number of esters is 1. The van der Waals surface area contributed by atoms with Crippen LogP contribution in [0.3, 0.4) is 0 Å². The molecule has 2 aromatic rings. The fourth-order valence-electron chi connectivity index (χ4n) is 3.26. The summed E-state index contributed by atoms with van der Waals surface area (Å²) in [5, 5.41) is 11.0. The van der Waals surface area contributed by atoms with Crippen LogP contribution in [0.15, 0.2) is 53.7 Å². The highest BCUT2D eigenvalue weighted by Crippen LogP contribution is 2.34. The van der Waals surface area contributed by atoms with Gasteiger partial charge in [0.15, 0.2) is 5.11 Å². The number of carbonyl (C=O) groups is 2. The van der Waals surface area contributed by atoms with Gasteiger partial charge in [-0.3, -0.25) is 0 Å². The summed E-state index contributed by atoms with van der Waals surface area (Å²) in [5.41, 5.74) is 1.16. The maximum Gasteiger partial charge on any atom is 0.416 e. The SMILES string of the molecule is CCOC(=O)C1=C(C)NC(=S)NC1c1ccc(NC(=O)Nc2ccc(C(F)(F)F)cc2Cl)cc1. The highest BCUT2D eigenvalue weighted by Gasteiger charge is 2.32. The third-order valence-electron chi connectivity index (χ3n) is 4.81. The van der Waals surface area contributed by atoms with Crippen LogP contribution in [0.25, 0.3) is 0 Å². The van der Waals surface area contributed by atoms with E-state index in [4.69, 9.17) is 28.6 Å². The number of ether oxygens (including phenoxy) is 1. The molecule has 0 aromatic heterocycles. The lowest BCUT2D eigenvalue weighted by molar-refractivity contribution is -0.139. The average Bonchev–Trinajstić information content (AvgIpc) is 2.74. The Labute approximate surface area is 203 Å². The van der Waals surface area contributed by atoms with Crippen LogP contribution < -0.4 is 21.3 Å². The summed E-state index contributed by atoms with van der Waals surface area (Å²) >= 11 is 11.1. The number of anilines is 2. The summed E-state index contributed by atoms with van der Waals surface area (Å²) in [6, 6.07) is 7.98. The van der Waals surface area contributed by atoms with Gasteiger partial charge in [0.2, 0.25) is 0 Å². The van der Waals surface area contributed by atoms with E-state index in [9.17, 15) is 22.8 Å². The first-order valence-electron chi connectivity index (χ1n) is 9.99. The van der Waals surface area contributed by atoms with Gasteiger partial charge in [-0.25, -0.2) is 9.59 Å². The van der Waals surface area contributed by atoms with Gasteiger partial charge in [0, 0.05) is 11.4 Å². The fourth-order valence-corrected chi connectivity index (χ4v) is 3.76. The highest BCUT2D eigenvalue weighted by molar-refractivity contribution is 7.80. The number of thiocarbonyl (C=S) groups is 1. The van der Waals surface area contributed by atoms with E-state index < -0.39 is 29.8 Å². The fraction of sp³-hybridized carbons (Fsp3) is 0.227. The summed E-state index contributed by atoms with van der Waals surface area (Å²) < 4.78 is 43.4. The van der Waals surface area contributed by atoms with E-state index in [1.54, 1.807) is 38.1 Å². The number of carbonyl (C=O) groups excluding carboxylic acids is 2. The van der Waals surface area contributed by atoms with Crippen molar-refractivity contribution in [3.05, 3.63) is 69.9 Å². The Bertz CT molecular complexity index is 1150. The molecule has 2 aromatic carbocycles. The Balaban J connectivity index is 1.72. The van der Waals surface area contributed by atoms with Gasteiger partial charge in [-0.2, -0.15) is 13.2 Å². The first kappa shape index (κ1) is 25.3.